The molecule has 0 aromatic carbocycles. The maximum atomic E-state index is 6.11. The Bertz CT molecular complexity index is 412. The third-order valence-corrected chi connectivity index (χ3v) is 6.00. The van der Waals surface area contributed by atoms with Gasteiger partial charge in [0.2, 0.25) is 0 Å². The van der Waals surface area contributed by atoms with Crippen molar-refractivity contribution in [3.8, 4) is 0 Å². The Balaban J connectivity index is 2.07. The second kappa shape index (κ2) is 6.68. The van der Waals surface area contributed by atoms with Crippen LogP contribution in [0.25, 0.3) is 0 Å². The van der Waals surface area contributed by atoms with Crippen LogP contribution in [0.4, 0.5) is 0 Å². The lowest BCUT2D eigenvalue weighted by molar-refractivity contribution is -0.0145. The minimum atomic E-state index is 0.0927. The van der Waals surface area contributed by atoms with Crippen LogP contribution in [0.1, 0.15) is 30.6 Å². The van der Waals surface area contributed by atoms with Gasteiger partial charge in [0, 0.05) is 40.5 Å². The van der Waals surface area contributed by atoms with Gasteiger partial charge in [-0.3, -0.25) is 4.90 Å². The van der Waals surface area contributed by atoms with E-state index >= 15 is 0 Å². The highest BCUT2D eigenvalue weighted by atomic mass is 79.9. The third kappa shape index (κ3) is 3.58. The lowest BCUT2D eigenvalue weighted by Gasteiger charge is -2.46. The van der Waals surface area contributed by atoms with Crippen molar-refractivity contribution < 1.29 is 4.74 Å². The molecule has 3 nitrogen and oxygen atoms in total. The molecule has 1 aromatic rings. The topological polar surface area (TPSA) is 38.5 Å². The Morgan fingerprint density at radius 1 is 1.63 bits per heavy atom. The average molecular weight is 347 g/mol. The number of thiophene rings is 1. The zero-order chi connectivity index (χ0) is 13.9. The average Bonchev–Trinajstić information content (AvgIpc) is 2.84. The number of nitrogens with two attached hydrogens (primary N) is 1. The van der Waals surface area contributed by atoms with Crippen LogP contribution >= 0.6 is 27.3 Å². The molecule has 1 aromatic heterocycles. The summed E-state index contributed by atoms with van der Waals surface area (Å²) in [6.07, 6.45) is 4.94. The molecule has 1 saturated carbocycles. The van der Waals surface area contributed by atoms with E-state index in [0.29, 0.717) is 12.6 Å². The Hall–Kier alpha value is 0.0600. The molecule has 2 N–H and O–H groups in total. The molecule has 108 valence electrons. The highest BCUT2D eigenvalue weighted by Gasteiger charge is 2.38. The Labute approximate surface area is 128 Å². The van der Waals surface area contributed by atoms with E-state index in [-0.39, 0.29) is 5.54 Å². The Morgan fingerprint density at radius 3 is 3.00 bits per heavy atom. The standard InChI is InChI=1S/C14H23BrN2OS/c1-17(8-13-6-11(15)9-19-13)14(10-16)5-3-4-12(7-14)18-2/h6,9,12H,3-5,7-8,10,16H2,1-2H3. The summed E-state index contributed by atoms with van der Waals surface area (Å²) in [7, 11) is 4.01. The van der Waals surface area contributed by atoms with Gasteiger partial charge in [0.15, 0.2) is 0 Å². The van der Waals surface area contributed by atoms with Crippen molar-refractivity contribution >= 4 is 27.3 Å². The Morgan fingerprint density at radius 2 is 2.42 bits per heavy atom. The molecule has 19 heavy (non-hydrogen) atoms. The molecule has 0 bridgehead atoms. The van der Waals surface area contributed by atoms with E-state index in [9.17, 15) is 0 Å². The van der Waals surface area contributed by atoms with Crippen molar-refractivity contribution in [3.05, 3.63) is 20.8 Å². The fourth-order valence-corrected chi connectivity index (χ4v) is 4.52. The molecule has 2 unspecified atom stereocenters. The Kier molecular flexibility index (Phi) is 5.43. The fourth-order valence-electron chi connectivity index (χ4n) is 3.01. The molecule has 0 saturated heterocycles. The van der Waals surface area contributed by atoms with Crippen molar-refractivity contribution in [2.45, 2.75) is 43.9 Å². The number of rotatable bonds is 5. The van der Waals surface area contributed by atoms with Gasteiger partial charge in [-0.1, -0.05) is 0 Å². The second-order valence-corrected chi connectivity index (χ2v) is 7.38. The van der Waals surface area contributed by atoms with E-state index in [0.717, 1.165) is 19.4 Å². The molecular formula is C14H23BrN2OS. The normalized spacial score (nSPS) is 27.9. The lowest BCUT2D eigenvalue weighted by atomic mass is 9.79. The molecule has 1 heterocycles. The van der Waals surface area contributed by atoms with Gasteiger partial charge in [0.25, 0.3) is 0 Å². The van der Waals surface area contributed by atoms with Gasteiger partial charge >= 0.3 is 0 Å². The largest absolute Gasteiger partial charge is 0.381 e. The van der Waals surface area contributed by atoms with Crippen LogP contribution in [0, 0.1) is 0 Å². The summed E-state index contributed by atoms with van der Waals surface area (Å²) in [5.74, 6) is 0. The number of hydrogen-bond acceptors (Lipinski definition) is 4. The molecule has 0 radical (unpaired) electrons. The number of methoxy groups -OCH3 is 1. The van der Waals surface area contributed by atoms with Gasteiger partial charge in [-0.05, 0) is 54.7 Å². The number of hydrogen-bond donors (Lipinski definition) is 1. The first kappa shape index (κ1) is 15.4. The summed E-state index contributed by atoms with van der Waals surface area (Å²) in [6.45, 7) is 1.67. The zero-order valence-electron chi connectivity index (χ0n) is 11.7. The van der Waals surface area contributed by atoms with Crippen molar-refractivity contribution in [3.63, 3.8) is 0 Å². The van der Waals surface area contributed by atoms with E-state index in [1.165, 1.54) is 22.2 Å². The van der Waals surface area contributed by atoms with Crippen molar-refractivity contribution in [2.24, 2.45) is 5.73 Å². The maximum absolute atomic E-state index is 6.11. The van der Waals surface area contributed by atoms with Crippen LogP contribution in [0.5, 0.6) is 0 Å². The minimum Gasteiger partial charge on any atom is -0.381 e. The fraction of sp³-hybridized carbons (Fsp3) is 0.714. The first-order chi connectivity index (χ1) is 9.09. The van der Waals surface area contributed by atoms with E-state index < -0.39 is 0 Å². The van der Waals surface area contributed by atoms with Crippen molar-refractivity contribution in [1.29, 1.82) is 0 Å². The summed E-state index contributed by atoms with van der Waals surface area (Å²) in [4.78, 5) is 3.80. The number of likely N-dealkylation sites (N-methyl/N-ethyl adjacent to an activating group) is 1. The molecule has 0 spiro atoms. The summed E-state index contributed by atoms with van der Waals surface area (Å²) >= 11 is 5.31. The summed E-state index contributed by atoms with van der Waals surface area (Å²) < 4.78 is 6.73. The highest BCUT2D eigenvalue weighted by molar-refractivity contribution is 9.10. The second-order valence-electron chi connectivity index (χ2n) is 5.47. The number of nitrogens with zero attached hydrogens (tertiary/aromatic N) is 1. The van der Waals surface area contributed by atoms with Crippen LogP contribution in [-0.2, 0) is 11.3 Å². The molecule has 1 aliphatic rings. The van der Waals surface area contributed by atoms with Crippen LogP contribution in [0.3, 0.4) is 0 Å². The van der Waals surface area contributed by atoms with Gasteiger partial charge in [-0.2, -0.15) is 0 Å². The SMILES string of the molecule is COC1CCCC(CN)(N(C)Cc2cc(Br)cs2)C1. The van der Waals surface area contributed by atoms with Crippen molar-refractivity contribution in [1.82, 2.24) is 4.90 Å². The van der Waals surface area contributed by atoms with Gasteiger partial charge in [-0.25, -0.2) is 0 Å². The molecule has 0 aliphatic heterocycles. The molecule has 2 rings (SSSR count). The lowest BCUT2D eigenvalue weighted by Crippen LogP contribution is -2.55. The smallest absolute Gasteiger partial charge is 0.0589 e. The van der Waals surface area contributed by atoms with E-state index in [1.807, 2.05) is 7.11 Å². The summed E-state index contributed by atoms with van der Waals surface area (Å²) in [6, 6.07) is 2.20. The molecule has 2 atom stereocenters. The zero-order valence-corrected chi connectivity index (χ0v) is 14.1. The molecule has 1 fully saturated rings. The van der Waals surface area contributed by atoms with Crippen LogP contribution in [-0.4, -0.2) is 37.2 Å². The molecule has 0 amide bonds. The van der Waals surface area contributed by atoms with Gasteiger partial charge < -0.3 is 10.5 Å². The van der Waals surface area contributed by atoms with E-state index in [2.05, 4.69) is 39.3 Å². The number of ether oxygens (including phenoxy) is 1. The third-order valence-electron chi connectivity index (χ3n) is 4.31. The van der Waals surface area contributed by atoms with Crippen LogP contribution in [0.15, 0.2) is 15.9 Å². The predicted molar refractivity (Wildman–Crippen MR) is 84.5 cm³/mol. The number of halogens is 1. The first-order valence-corrected chi connectivity index (χ1v) is 8.44. The maximum Gasteiger partial charge on any atom is 0.0589 e. The molecular weight excluding hydrogens is 324 g/mol. The summed E-state index contributed by atoms with van der Waals surface area (Å²) in [5, 5.41) is 2.14. The van der Waals surface area contributed by atoms with E-state index in [4.69, 9.17) is 10.5 Å². The van der Waals surface area contributed by atoms with Crippen molar-refractivity contribution in [2.75, 3.05) is 20.7 Å². The van der Waals surface area contributed by atoms with Crippen LogP contribution in [0.2, 0.25) is 0 Å². The van der Waals surface area contributed by atoms with Gasteiger partial charge in [-0.15, -0.1) is 11.3 Å². The summed E-state index contributed by atoms with van der Waals surface area (Å²) in [5.41, 5.74) is 6.20. The molecule has 5 heteroatoms. The predicted octanol–water partition coefficient (Wildman–Crippen LogP) is 3.23. The van der Waals surface area contributed by atoms with Gasteiger partial charge in [0.05, 0.1) is 6.10 Å². The highest BCUT2D eigenvalue weighted by Crippen LogP contribution is 2.35. The molecule has 1 aliphatic carbocycles. The first-order valence-electron chi connectivity index (χ1n) is 6.76. The van der Waals surface area contributed by atoms with E-state index in [1.54, 1.807) is 11.3 Å². The quantitative estimate of drug-likeness (QED) is 0.889. The van der Waals surface area contributed by atoms with Gasteiger partial charge in [0.1, 0.15) is 0 Å². The minimum absolute atomic E-state index is 0.0927. The monoisotopic (exact) mass is 346 g/mol. The van der Waals surface area contributed by atoms with Crippen LogP contribution < -0.4 is 5.73 Å².